The molecule has 3 nitrogen and oxygen atoms in total. The highest BCUT2D eigenvalue weighted by molar-refractivity contribution is 5.47. The van der Waals surface area contributed by atoms with Gasteiger partial charge in [-0.25, -0.2) is 4.98 Å². The molecule has 1 saturated heterocycles. The van der Waals surface area contributed by atoms with E-state index in [9.17, 15) is 0 Å². The van der Waals surface area contributed by atoms with Crippen molar-refractivity contribution >= 4 is 5.82 Å². The molecule has 3 aliphatic rings. The van der Waals surface area contributed by atoms with Crippen LogP contribution in [0.5, 0.6) is 0 Å². The van der Waals surface area contributed by atoms with Gasteiger partial charge in [-0.05, 0) is 56.1 Å². The smallest absolute Gasteiger partial charge is 0.131 e. The van der Waals surface area contributed by atoms with E-state index in [-0.39, 0.29) is 0 Å². The minimum absolute atomic E-state index is 0.901. The van der Waals surface area contributed by atoms with Crippen LogP contribution in [0, 0.1) is 25.7 Å². The van der Waals surface area contributed by atoms with E-state index in [0.717, 1.165) is 31.0 Å². The van der Waals surface area contributed by atoms with Crippen LogP contribution in [0.3, 0.4) is 0 Å². The molecule has 3 fully saturated rings. The summed E-state index contributed by atoms with van der Waals surface area (Å²) in [6.07, 6.45) is 8.00. The van der Waals surface area contributed by atoms with Crippen molar-refractivity contribution in [3.8, 4) is 0 Å². The van der Waals surface area contributed by atoms with Crippen LogP contribution >= 0.6 is 0 Å². The number of nitrogens with zero attached hydrogens (tertiary/aromatic N) is 3. The number of rotatable bonds is 2. The summed E-state index contributed by atoms with van der Waals surface area (Å²) in [5, 5.41) is 0. The highest BCUT2D eigenvalue weighted by atomic mass is 15.3. The van der Waals surface area contributed by atoms with Gasteiger partial charge in [0, 0.05) is 38.4 Å². The Kier molecular flexibility index (Phi) is 3.41. The lowest BCUT2D eigenvalue weighted by Gasteiger charge is -2.41. The van der Waals surface area contributed by atoms with Crippen molar-refractivity contribution in [3.63, 3.8) is 0 Å². The molecule has 3 heteroatoms. The van der Waals surface area contributed by atoms with Crippen molar-refractivity contribution in [1.82, 2.24) is 9.88 Å². The first kappa shape index (κ1) is 13.6. The second kappa shape index (κ2) is 5.28. The number of hydrogen-bond acceptors (Lipinski definition) is 3. The Morgan fingerprint density at radius 3 is 2.48 bits per heavy atom. The highest BCUT2D eigenvalue weighted by Gasteiger charge is 2.42. The molecule has 0 N–H and O–H groups in total. The third-order valence-corrected chi connectivity index (χ3v) is 5.97. The summed E-state index contributed by atoms with van der Waals surface area (Å²) in [5.41, 5.74) is 2.58. The summed E-state index contributed by atoms with van der Waals surface area (Å²) in [7, 11) is 0. The quantitative estimate of drug-likeness (QED) is 0.832. The monoisotopic (exact) mass is 285 g/mol. The number of aryl methyl sites for hydroxylation is 2. The van der Waals surface area contributed by atoms with Gasteiger partial charge >= 0.3 is 0 Å². The van der Waals surface area contributed by atoms with Gasteiger partial charge in [0.2, 0.25) is 0 Å². The first-order valence-electron chi connectivity index (χ1n) is 8.63. The molecule has 2 bridgehead atoms. The number of hydrogen-bond donors (Lipinski definition) is 0. The first-order chi connectivity index (χ1) is 10.2. The van der Waals surface area contributed by atoms with Crippen molar-refractivity contribution in [2.75, 3.05) is 31.1 Å². The van der Waals surface area contributed by atoms with Crippen molar-refractivity contribution in [3.05, 3.63) is 23.4 Å². The van der Waals surface area contributed by atoms with Gasteiger partial charge in [0.25, 0.3) is 0 Å². The maximum absolute atomic E-state index is 4.67. The summed E-state index contributed by atoms with van der Waals surface area (Å²) in [6, 6.07) is 3.16. The predicted molar refractivity (Wildman–Crippen MR) is 86.7 cm³/mol. The third-order valence-electron chi connectivity index (χ3n) is 5.97. The molecular weight excluding hydrogens is 258 g/mol. The van der Waals surface area contributed by atoms with Gasteiger partial charge in [-0.3, -0.25) is 4.90 Å². The van der Waals surface area contributed by atoms with Gasteiger partial charge < -0.3 is 4.90 Å². The molecule has 3 unspecified atom stereocenters. The van der Waals surface area contributed by atoms with Gasteiger partial charge in [0.1, 0.15) is 5.82 Å². The first-order valence-corrected chi connectivity index (χ1v) is 8.63. The van der Waals surface area contributed by atoms with Gasteiger partial charge in [-0.2, -0.15) is 0 Å². The lowest BCUT2D eigenvalue weighted by molar-refractivity contribution is 0.134. The Balaban J connectivity index is 1.40. The van der Waals surface area contributed by atoms with Crippen molar-refractivity contribution in [2.24, 2.45) is 11.8 Å². The van der Waals surface area contributed by atoms with Crippen LogP contribution < -0.4 is 4.90 Å². The van der Waals surface area contributed by atoms with Crippen molar-refractivity contribution in [2.45, 2.75) is 45.6 Å². The van der Waals surface area contributed by atoms with E-state index in [0.29, 0.717) is 0 Å². The minimum Gasteiger partial charge on any atom is -0.354 e. The van der Waals surface area contributed by atoms with Crippen LogP contribution in [-0.2, 0) is 0 Å². The van der Waals surface area contributed by atoms with Crippen molar-refractivity contribution < 1.29 is 0 Å². The molecule has 21 heavy (non-hydrogen) atoms. The summed E-state index contributed by atoms with van der Waals surface area (Å²) in [6.45, 7) is 9.05. The number of pyridine rings is 1. The zero-order valence-electron chi connectivity index (χ0n) is 13.4. The predicted octanol–water partition coefficient (Wildman–Crippen LogP) is 3.01. The van der Waals surface area contributed by atoms with E-state index in [4.69, 9.17) is 0 Å². The maximum Gasteiger partial charge on any atom is 0.131 e. The molecule has 2 aliphatic carbocycles. The average Bonchev–Trinajstić information content (AvgIpc) is 3.10. The van der Waals surface area contributed by atoms with Crippen molar-refractivity contribution in [1.29, 1.82) is 0 Å². The summed E-state index contributed by atoms with van der Waals surface area (Å²) in [5.74, 6) is 3.27. The van der Waals surface area contributed by atoms with Gasteiger partial charge in [-0.1, -0.05) is 12.5 Å². The van der Waals surface area contributed by atoms with E-state index in [1.807, 2.05) is 6.20 Å². The molecule has 114 valence electrons. The van der Waals surface area contributed by atoms with Crippen LogP contribution in [-0.4, -0.2) is 42.1 Å². The molecule has 3 atom stereocenters. The maximum atomic E-state index is 4.67. The summed E-state index contributed by atoms with van der Waals surface area (Å²) < 4.78 is 0. The number of fused-ring (bicyclic) bond motifs is 2. The summed E-state index contributed by atoms with van der Waals surface area (Å²) in [4.78, 5) is 9.94. The molecule has 4 rings (SSSR count). The number of aromatic nitrogens is 1. The molecule has 1 aliphatic heterocycles. The van der Waals surface area contributed by atoms with E-state index in [1.165, 1.54) is 55.7 Å². The molecule has 0 spiro atoms. The van der Waals surface area contributed by atoms with Crippen LogP contribution in [0.25, 0.3) is 0 Å². The zero-order valence-corrected chi connectivity index (χ0v) is 13.4. The number of anilines is 1. The molecule has 0 radical (unpaired) electrons. The fourth-order valence-electron chi connectivity index (χ4n) is 4.96. The second-order valence-electron chi connectivity index (χ2n) is 7.42. The Bertz CT molecular complexity index is 519. The topological polar surface area (TPSA) is 19.4 Å². The normalized spacial score (nSPS) is 32.9. The van der Waals surface area contributed by atoms with Crippen LogP contribution in [0.2, 0.25) is 0 Å². The van der Waals surface area contributed by atoms with E-state index in [1.54, 1.807) is 0 Å². The van der Waals surface area contributed by atoms with E-state index in [2.05, 4.69) is 34.7 Å². The van der Waals surface area contributed by atoms with Gasteiger partial charge in [0.15, 0.2) is 0 Å². The summed E-state index contributed by atoms with van der Waals surface area (Å²) >= 11 is 0. The van der Waals surface area contributed by atoms with Crippen LogP contribution in [0.15, 0.2) is 12.3 Å². The fourth-order valence-corrected chi connectivity index (χ4v) is 4.96. The van der Waals surface area contributed by atoms with Gasteiger partial charge in [-0.15, -0.1) is 0 Å². The minimum atomic E-state index is 0.901. The van der Waals surface area contributed by atoms with E-state index < -0.39 is 0 Å². The Morgan fingerprint density at radius 1 is 1.05 bits per heavy atom. The third kappa shape index (κ3) is 2.46. The van der Waals surface area contributed by atoms with Crippen LogP contribution in [0.4, 0.5) is 5.82 Å². The van der Waals surface area contributed by atoms with E-state index >= 15 is 0 Å². The molecule has 2 heterocycles. The second-order valence-corrected chi connectivity index (χ2v) is 7.42. The van der Waals surface area contributed by atoms with Crippen LogP contribution in [0.1, 0.15) is 36.8 Å². The standard InChI is InChI=1S/C18H27N3/c1-13-9-14(2)18(19-12-13)21-7-5-20(6-8-21)17-11-15-3-4-16(17)10-15/h9,12,15-17H,3-8,10-11H2,1-2H3. The zero-order chi connectivity index (χ0) is 14.4. The molecule has 0 aromatic carbocycles. The average molecular weight is 285 g/mol. The highest BCUT2D eigenvalue weighted by Crippen LogP contribution is 2.46. The van der Waals surface area contributed by atoms with Gasteiger partial charge in [0.05, 0.1) is 0 Å². The Morgan fingerprint density at radius 2 is 1.86 bits per heavy atom. The Hall–Kier alpha value is -1.09. The lowest BCUT2D eigenvalue weighted by atomic mass is 9.93. The molecule has 1 aromatic rings. The SMILES string of the molecule is Cc1cnc(N2CCN(C3CC4CCC3C4)CC2)c(C)c1. The number of piperazine rings is 1. The molecule has 0 amide bonds. The fraction of sp³-hybridized carbons (Fsp3) is 0.722. The largest absolute Gasteiger partial charge is 0.354 e. The Labute approximate surface area is 128 Å². The molecule has 1 aromatic heterocycles. The lowest BCUT2D eigenvalue weighted by Crippen LogP contribution is -2.52. The molecular formula is C18H27N3. The molecule has 2 saturated carbocycles.